The lowest BCUT2D eigenvalue weighted by atomic mass is 10.0. The van der Waals surface area contributed by atoms with E-state index in [1.165, 1.54) is 5.56 Å². The van der Waals surface area contributed by atoms with E-state index in [1.54, 1.807) is 35.3 Å². The van der Waals surface area contributed by atoms with Crippen molar-refractivity contribution in [3.8, 4) is 12.1 Å². The molecule has 2 aromatic heterocycles. The second kappa shape index (κ2) is 12.7. The molecule has 0 unspecified atom stereocenters. The second-order valence-electron chi connectivity index (χ2n) is 10.1. The monoisotopic (exact) mass is 542 g/mol. The number of benzene rings is 2. The normalized spacial score (nSPS) is 13.6. The van der Waals surface area contributed by atoms with Crippen molar-refractivity contribution in [2.45, 2.75) is 32.0 Å². The van der Waals surface area contributed by atoms with E-state index < -0.39 is 0 Å². The van der Waals surface area contributed by atoms with Gasteiger partial charge in [-0.1, -0.05) is 30.8 Å². The Balaban J connectivity index is 1.08. The standard InChI is InChI=1S/C32H30N8O/c1-23(37-30-19-36-40(22-30)21-27-8-4-25(17-34)5-9-27)28-10-11-31(35-18-28)32(41)38-29-12-14-39(15-13-29)20-26-6-2-24(16-33)3-7-26/h2-11,18-19,22,29,37H,1,12-15,20-21H2,(H,38,41). The molecule has 1 aliphatic rings. The minimum atomic E-state index is -0.176. The molecule has 9 nitrogen and oxygen atoms in total. The van der Waals surface area contributed by atoms with E-state index >= 15 is 0 Å². The summed E-state index contributed by atoms with van der Waals surface area (Å²) < 4.78 is 1.81. The fourth-order valence-corrected chi connectivity index (χ4v) is 4.78. The first-order valence-electron chi connectivity index (χ1n) is 13.4. The molecule has 41 heavy (non-hydrogen) atoms. The third kappa shape index (κ3) is 7.24. The van der Waals surface area contributed by atoms with Crippen LogP contribution in [-0.2, 0) is 13.1 Å². The molecule has 1 aliphatic heterocycles. The summed E-state index contributed by atoms with van der Waals surface area (Å²) >= 11 is 0. The lowest BCUT2D eigenvalue weighted by Gasteiger charge is -2.32. The van der Waals surface area contributed by atoms with Crippen LogP contribution in [0.5, 0.6) is 0 Å². The SMILES string of the molecule is C=C(Nc1cnn(Cc2ccc(C#N)cc2)c1)c1ccc(C(=O)NC2CCN(Cc3ccc(C#N)cc3)CC2)nc1. The minimum Gasteiger partial charge on any atom is -0.353 e. The summed E-state index contributed by atoms with van der Waals surface area (Å²) in [5, 5.41) is 28.7. The molecule has 2 aromatic carbocycles. The predicted octanol–water partition coefficient (Wildman–Crippen LogP) is 4.55. The lowest BCUT2D eigenvalue weighted by Crippen LogP contribution is -2.44. The van der Waals surface area contributed by atoms with Gasteiger partial charge in [0.05, 0.1) is 41.7 Å². The quantitative estimate of drug-likeness (QED) is 0.318. The molecule has 1 fully saturated rings. The first-order chi connectivity index (χ1) is 20.0. The Hall–Kier alpha value is -5.25. The van der Waals surface area contributed by atoms with Crippen molar-refractivity contribution in [2.75, 3.05) is 18.4 Å². The van der Waals surface area contributed by atoms with E-state index in [-0.39, 0.29) is 11.9 Å². The maximum atomic E-state index is 12.8. The van der Waals surface area contributed by atoms with Gasteiger partial charge in [0.15, 0.2) is 0 Å². The highest BCUT2D eigenvalue weighted by Crippen LogP contribution is 2.18. The highest BCUT2D eigenvalue weighted by Gasteiger charge is 2.22. The van der Waals surface area contributed by atoms with Gasteiger partial charge in [0.1, 0.15) is 5.69 Å². The van der Waals surface area contributed by atoms with Crippen molar-refractivity contribution in [3.05, 3.63) is 119 Å². The summed E-state index contributed by atoms with van der Waals surface area (Å²) in [4.78, 5) is 19.6. The van der Waals surface area contributed by atoms with Crippen LogP contribution in [0.3, 0.4) is 0 Å². The van der Waals surface area contributed by atoms with Crippen molar-refractivity contribution in [1.82, 2.24) is 25.0 Å². The number of hydrogen-bond donors (Lipinski definition) is 2. The van der Waals surface area contributed by atoms with Gasteiger partial charge in [-0.15, -0.1) is 0 Å². The third-order valence-corrected chi connectivity index (χ3v) is 7.11. The highest BCUT2D eigenvalue weighted by atomic mass is 16.1. The van der Waals surface area contributed by atoms with Crippen molar-refractivity contribution in [3.63, 3.8) is 0 Å². The number of piperidine rings is 1. The van der Waals surface area contributed by atoms with Crippen molar-refractivity contribution >= 4 is 17.3 Å². The zero-order valence-corrected chi connectivity index (χ0v) is 22.6. The van der Waals surface area contributed by atoms with Gasteiger partial charge in [-0.3, -0.25) is 19.4 Å². The van der Waals surface area contributed by atoms with Crippen LogP contribution in [0.4, 0.5) is 5.69 Å². The summed E-state index contributed by atoms with van der Waals surface area (Å²) in [5.74, 6) is -0.176. The lowest BCUT2D eigenvalue weighted by molar-refractivity contribution is 0.0904. The average Bonchev–Trinajstić information content (AvgIpc) is 3.45. The average molecular weight is 543 g/mol. The Morgan fingerprint density at radius 1 is 0.902 bits per heavy atom. The maximum absolute atomic E-state index is 12.8. The number of nitriles is 2. The molecular formula is C32H30N8O. The molecular weight excluding hydrogens is 512 g/mol. The first-order valence-corrected chi connectivity index (χ1v) is 13.4. The van der Waals surface area contributed by atoms with Gasteiger partial charge < -0.3 is 10.6 Å². The summed E-state index contributed by atoms with van der Waals surface area (Å²) in [6.45, 7) is 7.32. The second-order valence-corrected chi connectivity index (χ2v) is 10.1. The van der Waals surface area contributed by atoms with Gasteiger partial charge in [-0.2, -0.15) is 15.6 Å². The van der Waals surface area contributed by atoms with E-state index in [4.69, 9.17) is 10.5 Å². The number of carbonyl (C=O) groups excluding carboxylic acids is 1. The summed E-state index contributed by atoms with van der Waals surface area (Å²) in [7, 11) is 0. The van der Waals surface area contributed by atoms with Gasteiger partial charge in [0.25, 0.3) is 5.91 Å². The van der Waals surface area contributed by atoms with E-state index in [9.17, 15) is 4.79 Å². The molecule has 204 valence electrons. The van der Waals surface area contributed by atoms with Gasteiger partial charge in [-0.05, 0) is 60.4 Å². The van der Waals surface area contributed by atoms with Crippen molar-refractivity contribution in [2.24, 2.45) is 0 Å². The van der Waals surface area contributed by atoms with Gasteiger partial charge in [-0.25, -0.2) is 0 Å². The largest absolute Gasteiger partial charge is 0.353 e. The maximum Gasteiger partial charge on any atom is 0.270 e. The van der Waals surface area contributed by atoms with Crippen molar-refractivity contribution in [1.29, 1.82) is 10.5 Å². The molecule has 5 rings (SSSR count). The van der Waals surface area contributed by atoms with Crippen LogP contribution in [0.15, 0.2) is 85.8 Å². The fourth-order valence-electron chi connectivity index (χ4n) is 4.78. The van der Waals surface area contributed by atoms with Crippen LogP contribution in [-0.4, -0.2) is 44.7 Å². The van der Waals surface area contributed by atoms with Crippen LogP contribution in [0, 0.1) is 22.7 Å². The first kappa shape index (κ1) is 27.3. The third-order valence-electron chi connectivity index (χ3n) is 7.11. The Morgan fingerprint density at radius 3 is 2.12 bits per heavy atom. The molecule has 0 bridgehead atoms. The van der Waals surface area contributed by atoms with Gasteiger partial charge in [0.2, 0.25) is 0 Å². The van der Waals surface area contributed by atoms with E-state index in [2.05, 4.69) is 44.3 Å². The number of likely N-dealkylation sites (tertiary alicyclic amines) is 1. The molecule has 0 radical (unpaired) electrons. The molecule has 4 aromatic rings. The van der Waals surface area contributed by atoms with Gasteiger partial charge >= 0.3 is 0 Å². The van der Waals surface area contributed by atoms with Crippen LogP contribution >= 0.6 is 0 Å². The topological polar surface area (TPSA) is 123 Å². The molecule has 9 heteroatoms. The predicted molar refractivity (Wildman–Crippen MR) is 156 cm³/mol. The molecule has 1 saturated heterocycles. The number of amides is 1. The number of anilines is 1. The zero-order chi connectivity index (χ0) is 28.6. The van der Waals surface area contributed by atoms with Crippen LogP contribution < -0.4 is 10.6 Å². The number of pyridine rings is 1. The molecule has 2 N–H and O–H groups in total. The molecule has 0 saturated carbocycles. The Labute approximate surface area is 239 Å². The smallest absolute Gasteiger partial charge is 0.270 e. The molecule has 0 spiro atoms. The molecule has 0 aliphatic carbocycles. The Bertz CT molecular complexity index is 1580. The van der Waals surface area contributed by atoms with Crippen LogP contribution in [0.25, 0.3) is 5.70 Å². The number of carbonyl (C=O) groups is 1. The molecule has 1 amide bonds. The summed E-state index contributed by atoms with van der Waals surface area (Å²) in [5.41, 5.74) is 6.11. The van der Waals surface area contributed by atoms with Gasteiger partial charge in [0, 0.05) is 49.3 Å². The number of hydrogen-bond acceptors (Lipinski definition) is 7. The van der Waals surface area contributed by atoms with Crippen LogP contribution in [0.1, 0.15) is 51.1 Å². The van der Waals surface area contributed by atoms with Crippen LogP contribution in [0.2, 0.25) is 0 Å². The number of nitrogens with one attached hydrogen (secondary N) is 2. The minimum absolute atomic E-state index is 0.110. The summed E-state index contributed by atoms with van der Waals surface area (Å²) in [6, 6.07) is 23.0. The molecule has 0 atom stereocenters. The number of rotatable bonds is 9. The number of nitrogens with zero attached hydrogens (tertiary/aromatic N) is 6. The number of aromatic nitrogens is 3. The summed E-state index contributed by atoms with van der Waals surface area (Å²) in [6.07, 6.45) is 7.00. The Kier molecular flexibility index (Phi) is 8.49. The highest BCUT2D eigenvalue weighted by molar-refractivity contribution is 5.92. The molecule has 3 heterocycles. The zero-order valence-electron chi connectivity index (χ0n) is 22.6. The van der Waals surface area contributed by atoms with E-state index in [1.807, 2.05) is 48.7 Å². The van der Waals surface area contributed by atoms with E-state index in [0.717, 1.165) is 49.3 Å². The van der Waals surface area contributed by atoms with Crippen molar-refractivity contribution < 1.29 is 4.79 Å². The fraction of sp³-hybridized carbons (Fsp3) is 0.219. The van der Waals surface area contributed by atoms with E-state index in [0.29, 0.717) is 29.1 Å². The Morgan fingerprint density at radius 2 is 1.54 bits per heavy atom.